The molecule has 2 aliphatic carbocycles. The van der Waals surface area contributed by atoms with Crippen molar-refractivity contribution >= 4 is 46.2 Å². The Hall–Kier alpha value is -3.40. The van der Waals surface area contributed by atoms with Crippen molar-refractivity contribution in [2.75, 3.05) is 18.5 Å². The Labute approximate surface area is 216 Å². The number of hydrogen-bond donors (Lipinski definition) is 3. The van der Waals surface area contributed by atoms with Crippen LogP contribution < -0.4 is 10.6 Å². The molecular weight excluding hydrogens is 559 g/mol. The summed E-state index contributed by atoms with van der Waals surface area (Å²) in [5.41, 5.74) is 4.49. The molecule has 0 saturated heterocycles. The molecule has 3 aromatic carbocycles. The van der Waals surface area contributed by atoms with Crippen molar-refractivity contribution in [3.05, 3.63) is 87.0 Å². The van der Waals surface area contributed by atoms with E-state index in [1.807, 2.05) is 24.3 Å². The third-order valence-electron chi connectivity index (χ3n) is 6.64. The monoisotopic (exact) mass is 582 g/mol. The van der Waals surface area contributed by atoms with E-state index in [-0.39, 0.29) is 25.0 Å². The topological polar surface area (TPSA) is 105 Å². The standard InChI is InChI=1S/C27H23IN2O5/c28-17-11-16(24(31)29-15-27(9-10-27)25(32)33)12-18(13-17)30-26(34)35-14-23-21-7-3-1-5-19(21)20-6-2-4-8-22(20)23/h1-8,11-13,23H,9-10,14-15H2,(H,29,31)(H,30,34)(H,32,33). The molecule has 0 unspecified atom stereocenters. The van der Waals surface area contributed by atoms with Crippen molar-refractivity contribution in [2.45, 2.75) is 18.8 Å². The summed E-state index contributed by atoms with van der Waals surface area (Å²) in [6, 6.07) is 21.2. The number of benzene rings is 3. The van der Waals surface area contributed by atoms with E-state index in [1.54, 1.807) is 18.2 Å². The van der Waals surface area contributed by atoms with Crippen molar-refractivity contribution in [1.82, 2.24) is 5.32 Å². The van der Waals surface area contributed by atoms with Gasteiger partial charge in [-0.1, -0.05) is 48.5 Å². The molecule has 7 nitrogen and oxygen atoms in total. The van der Waals surface area contributed by atoms with E-state index in [4.69, 9.17) is 4.74 Å². The van der Waals surface area contributed by atoms with Gasteiger partial charge in [0.2, 0.25) is 0 Å². The third-order valence-corrected chi connectivity index (χ3v) is 7.27. The van der Waals surface area contributed by atoms with Crippen molar-refractivity contribution in [2.24, 2.45) is 5.41 Å². The molecule has 35 heavy (non-hydrogen) atoms. The van der Waals surface area contributed by atoms with Crippen molar-refractivity contribution in [3.8, 4) is 11.1 Å². The van der Waals surface area contributed by atoms with Crippen LogP contribution in [0.4, 0.5) is 10.5 Å². The predicted molar refractivity (Wildman–Crippen MR) is 139 cm³/mol. The zero-order valence-corrected chi connectivity index (χ0v) is 20.9. The highest BCUT2D eigenvalue weighted by atomic mass is 127. The van der Waals surface area contributed by atoms with Crippen LogP contribution in [0.2, 0.25) is 0 Å². The number of ether oxygens (including phenoxy) is 1. The van der Waals surface area contributed by atoms with E-state index in [9.17, 15) is 19.5 Å². The minimum absolute atomic E-state index is 0.0469. The molecule has 2 amide bonds. The first-order valence-corrected chi connectivity index (χ1v) is 12.4. The number of halogens is 1. The summed E-state index contributed by atoms with van der Waals surface area (Å²) in [6.07, 6.45) is 0.510. The molecule has 8 heteroatoms. The van der Waals surface area contributed by atoms with Gasteiger partial charge in [0, 0.05) is 27.3 Å². The van der Waals surface area contributed by atoms with Crippen molar-refractivity contribution in [3.63, 3.8) is 0 Å². The number of carboxylic acid groups (broad SMARTS) is 1. The first-order valence-electron chi connectivity index (χ1n) is 11.3. The highest BCUT2D eigenvalue weighted by molar-refractivity contribution is 14.1. The molecule has 0 bridgehead atoms. The van der Waals surface area contributed by atoms with Gasteiger partial charge in [-0.15, -0.1) is 0 Å². The summed E-state index contributed by atoms with van der Waals surface area (Å²) in [5.74, 6) is -1.32. The summed E-state index contributed by atoms with van der Waals surface area (Å²) in [6.45, 7) is 0.274. The van der Waals surface area contributed by atoms with Crippen molar-refractivity contribution < 1.29 is 24.2 Å². The number of aliphatic carboxylic acids is 1. The summed E-state index contributed by atoms with van der Waals surface area (Å²) in [5, 5.41) is 14.7. The molecule has 3 aromatic rings. The van der Waals surface area contributed by atoms with Gasteiger partial charge in [-0.05, 0) is 75.9 Å². The number of amides is 2. The maximum atomic E-state index is 12.6. The number of hydrogen-bond acceptors (Lipinski definition) is 4. The number of rotatable bonds is 7. The van der Waals surface area contributed by atoms with Gasteiger partial charge in [-0.25, -0.2) is 4.79 Å². The van der Waals surface area contributed by atoms with Crippen molar-refractivity contribution in [1.29, 1.82) is 0 Å². The Morgan fingerprint density at radius 2 is 1.60 bits per heavy atom. The van der Waals surface area contributed by atoms with E-state index in [1.165, 1.54) is 0 Å². The molecule has 0 aliphatic heterocycles. The number of nitrogens with one attached hydrogen (secondary N) is 2. The highest BCUT2D eigenvalue weighted by Gasteiger charge is 2.50. The largest absolute Gasteiger partial charge is 0.481 e. The van der Waals surface area contributed by atoms with E-state index < -0.39 is 17.5 Å². The maximum Gasteiger partial charge on any atom is 0.411 e. The molecule has 1 saturated carbocycles. The predicted octanol–water partition coefficient (Wildman–Crippen LogP) is 5.25. The van der Waals surface area contributed by atoms with Gasteiger partial charge in [0.25, 0.3) is 5.91 Å². The average Bonchev–Trinajstić information content (AvgIpc) is 3.58. The van der Waals surface area contributed by atoms with Gasteiger partial charge in [0.1, 0.15) is 6.61 Å². The number of carbonyl (C=O) groups is 3. The Balaban J connectivity index is 1.23. The van der Waals surface area contributed by atoms with Crippen LogP contribution in [0.1, 0.15) is 40.2 Å². The van der Waals surface area contributed by atoms with Crippen LogP contribution in [0.25, 0.3) is 11.1 Å². The lowest BCUT2D eigenvalue weighted by Gasteiger charge is -2.15. The van der Waals surface area contributed by atoms with Crippen LogP contribution >= 0.6 is 22.6 Å². The first kappa shape index (κ1) is 23.3. The number of carboxylic acids is 1. The number of anilines is 1. The summed E-state index contributed by atoms with van der Waals surface area (Å²) < 4.78 is 6.35. The Kier molecular flexibility index (Phi) is 6.22. The smallest absolute Gasteiger partial charge is 0.411 e. The highest BCUT2D eigenvalue weighted by Crippen LogP contribution is 2.45. The lowest BCUT2D eigenvalue weighted by Crippen LogP contribution is -2.34. The number of fused-ring (bicyclic) bond motifs is 3. The molecule has 2 aliphatic rings. The second-order valence-electron chi connectivity index (χ2n) is 8.95. The normalized spacial score (nSPS) is 15.0. The molecule has 0 radical (unpaired) electrons. The van der Waals surface area contributed by atoms with Crippen LogP contribution in [0.5, 0.6) is 0 Å². The Bertz CT molecular complexity index is 1290. The molecule has 178 valence electrons. The van der Waals surface area contributed by atoms with Crippen LogP contribution in [0.15, 0.2) is 66.7 Å². The van der Waals surface area contributed by atoms with Gasteiger partial charge in [-0.3, -0.25) is 14.9 Å². The van der Waals surface area contributed by atoms with Crippen LogP contribution in [-0.2, 0) is 9.53 Å². The lowest BCUT2D eigenvalue weighted by molar-refractivity contribution is -0.143. The van der Waals surface area contributed by atoms with Crippen LogP contribution in [-0.4, -0.2) is 36.2 Å². The fourth-order valence-electron chi connectivity index (χ4n) is 4.51. The summed E-state index contributed by atoms with van der Waals surface area (Å²) in [4.78, 5) is 36.6. The molecule has 0 spiro atoms. The quantitative estimate of drug-likeness (QED) is 0.331. The SMILES string of the molecule is O=C(Nc1cc(I)cc(C(=O)NCC2(C(=O)O)CC2)c1)OCC1c2ccccc2-c2ccccc21. The van der Waals surface area contributed by atoms with Crippen LogP contribution in [0.3, 0.4) is 0 Å². The van der Waals surface area contributed by atoms with Gasteiger partial charge < -0.3 is 15.2 Å². The van der Waals surface area contributed by atoms with E-state index in [2.05, 4.69) is 57.5 Å². The van der Waals surface area contributed by atoms with E-state index in [0.717, 1.165) is 25.8 Å². The van der Waals surface area contributed by atoms with Gasteiger partial charge >= 0.3 is 12.1 Å². The molecule has 0 heterocycles. The second kappa shape index (κ2) is 9.33. The Morgan fingerprint density at radius 3 is 2.20 bits per heavy atom. The fourth-order valence-corrected chi connectivity index (χ4v) is 5.18. The molecule has 3 N–H and O–H groups in total. The van der Waals surface area contributed by atoms with Gasteiger partial charge in [0.05, 0.1) is 5.41 Å². The average molecular weight is 582 g/mol. The minimum Gasteiger partial charge on any atom is -0.481 e. The van der Waals surface area contributed by atoms with Gasteiger partial charge in [0.15, 0.2) is 0 Å². The third kappa shape index (κ3) is 4.75. The second-order valence-corrected chi connectivity index (χ2v) is 10.2. The van der Waals surface area contributed by atoms with Gasteiger partial charge in [-0.2, -0.15) is 0 Å². The van der Waals surface area contributed by atoms with E-state index in [0.29, 0.717) is 24.1 Å². The summed E-state index contributed by atoms with van der Waals surface area (Å²) >= 11 is 2.07. The molecular formula is C27H23IN2O5. The van der Waals surface area contributed by atoms with Crippen LogP contribution in [0, 0.1) is 8.99 Å². The van der Waals surface area contributed by atoms with E-state index >= 15 is 0 Å². The molecule has 0 aromatic heterocycles. The minimum atomic E-state index is -0.891. The fraction of sp³-hybridized carbons (Fsp3) is 0.222. The number of carbonyl (C=O) groups excluding carboxylic acids is 2. The molecule has 1 fully saturated rings. The molecule has 0 atom stereocenters. The maximum absolute atomic E-state index is 12.6. The zero-order chi connectivity index (χ0) is 24.6. The Morgan fingerprint density at radius 1 is 0.971 bits per heavy atom. The summed E-state index contributed by atoms with van der Waals surface area (Å²) in [7, 11) is 0. The first-order chi connectivity index (χ1) is 16.9. The lowest BCUT2D eigenvalue weighted by atomic mass is 9.98. The molecule has 5 rings (SSSR count). The zero-order valence-electron chi connectivity index (χ0n) is 18.7.